The lowest BCUT2D eigenvalue weighted by atomic mass is 9.89. The Morgan fingerprint density at radius 1 is 1.10 bits per heavy atom. The zero-order valence-corrected chi connectivity index (χ0v) is 13.2. The Morgan fingerprint density at radius 2 is 1.62 bits per heavy atom. The lowest BCUT2D eigenvalue weighted by Crippen LogP contribution is -2.32. The van der Waals surface area contributed by atoms with Crippen LogP contribution >= 0.6 is 0 Å². The quantitative estimate of drug-likeness (QED) is 0.802. The molecule has 0 N–H and O–H groups in total. The molecule has 21 heavy (non-hydrogen) atoms. The Hall–Kier alpha value is -1.36. The summed E-state index contributed by atoms with van der Waals surface area (Å²) in [5.41, 5.74) is 0.527. The summed E-state index contributed by atoms with van der Waals surface area (Å²) in [5, 5.41) is 0.386. The molecule has 2 saturated heterocycles. The predicted molar refractivity (Wildman–Crippen MR) is 81.6 cm³/mol. The van der Waals surface area contributed by atoms with Crippen LogP contribution in [0.5, 0.6) is 11.5 Å². The summed E-state index contributed by atoms with van der Waals surface area (Å²) in [6, 6.07) is 5.38. The highest BCUT2D eigenvalue weighted by Crippen LogP contribution is 2.42. The van der Waals surface area contributed by atoms with Gasteiger partial charge in [0.15, 0.2) is 5.78 Å². The van der Waals surface area contributed by atoms with Crippen molar-refractivity contribution in [1.29, 1.82) is 0 Å². The molecule has 2 unspecified atom stereocenters. The second kappa shape index (κ2) is 5.79. The van der Waals surface area contributed by atoms with Gasteiger partial charge >= 0.3 is 0 Å². The number of carbonyl (C=O) groups is 1. The van der Waals surface area contributed by atoms with Crippen LogP contribution in [-0.4, -0.2) is 34.7 Å². The van der Waals surface area contributed by atoms with E-state index < -0.39 is 10.8 Å². The van der Waals surface area contributed by atoms with E-state index in [4.69, 9.17) is 9.47 Å². The van der Waals surface area contributed by atoms with Crippen LogP contribution in [0.25, 0.3) is 0 Å². The maximum atomic E-state index is 12.9. The molecule has 5 heteroatoms. The highest BCUT2D eigenvalue weighted by molar-refractivity contribution is 7.86. The number of methoxy groups -OCH3 is 2. The number of Topliss-reactive ketones (excluding diaryl/α,β-unsaturated/α-hetero) is 1. The monoisotopic (exact) mass is 308 g/mol. The van der Waals surface area contributed by atoms with Crippen LogP contribution in [0.4, 0.5) is 0 Å². The standard InChI is InChI=1S/C16H20O4S/c1-19-13-4-3-5-14(20-2)15(13)16(17)10-8-11-6-7-12(9-10)21(11)18/h3-5,10-12H,6-9H2,1-2H3. The molecule has 3 rings (SSSR count). The van der Waals surface area contributed by atoms with Crippen LogP contribution in [0.15, 0.2) is 18.2 Å². The van der Waals surface area contributed by atoms with Crippen molar-refractivity contribution in [3.8, 4) is 11.5 Å². The second-order valence-electron chi connectivity index (χ2n) is 5.72. The third-order valence-electron chi connectivity index (χ3n) is 4.61. The zero-order chi connectivity index (χ0) is 15.0. The number of rotatable bonds is 4. The summed E-state index contributed by atoms with van der Waals surface area (Å²) < 4.78 is 22.7. The molecule has 1 aromatic carbocycles. The average molecular weight is 308 g/mol. The van der Waals surface area contributed by atoms with E-state index in [1.165, 1.54) is 0 Å². The van der Waals surface area contributed by atoms with E-state index in [-0.39, 0.29) is 22.2 Å². The highest BCUT2D eigenvalue weighted by Gasteiger charge is 2.43. The third kappa shape index (κ3) is 2.48. The van der Waals surface area contributed by atoms with E-state index in [0.717, 1.165) is 25.7 Å². The van der Waals surface area contributed by atoms with Crippen molar-refractivity contribution in [3.63, 3.8) is 0 Å². The summed E-state index contributed by atoms with van der Waals surface area (Å²) in [6.07, 6.45) is 3.43. The van der Waals surface area contributed by atoms with E-state index in [2.05, 4.69) is 0 Å². The first kappa shape index (κ1) is 14.6. The van der Waals surface area contributed by atoms with Gasteiger partial charge in [0, 0.05) is 27.2 Å². The molecule has 2 heterocycles. The summed E-state index contributed by atoms with van der Waals surface area (Å²) in [6.45, 7) is 0. The highest BCUT2D eigenvalue weighted by atomic mass is 32.2. The second-order valence-corrected chi connectivity index (χ2v) is 7.71. The summed E-state index contributed by atoms with van der Waals surface area (Å²) >= 11 is 0. The number of ether oxygens (including phenoxy) is 2. The van der Waals surface area contributed by atoms with Gasteiger partial charge in [0.05, 0.1) is 14.2 Å². The first-order valence-corrected chi connectivity index (χ1v) is 8.58. The van der Waals surface area contributed by atoms with Crippen molar-refractivity contribution in [1.82, 2.24) is 0 Å². The Morgan fingerprint density at radius 3 is 2.10 bits per heavy atom. The van der Waals surface area contributed by atoms with Gasteiger partial charge in [0.1, 0.15) is 17.1 Å². The lowest BCUT2D eigenvalue weighted by molar-refractivity contribution is 0.0899. The Bertz CT molecular complexity index is 545. The van der Waals surface area contributed by atoms with Gasteiger partial charge < -0.3 is 9.47 Å². The Kier molecular flexibility index (Phi) is 4.02. The van der Waals surface area contributed by atoms with Gasteiger partial charge in [-0.25, -0.2) is 0 Å². The van der Waals surface area contributed by atoms with Crippen molar-refractivity contribution in [2.45, 2.75) is 36.2 Å². The fourth-order valence-electron chi connectivity index (χ4n) is 3.54. The minimum absolute atomic E-state index is 0.0644. The summed E-state index contributed by atoms with van der Waals surface area (Å²) in [7, 11) is 2.38. The third-order valence-corrected chi connectivity index (χ3v) is 6.78. The first-order chi connectivity index (χ1) is 10.2. The van der Waals surface area contributed by atoms with Crippen LogP contribution in [0.2, 0.25) is 0 Å². The molecule has 1 aromatic rings. The number of hydrogen-bond donors (Lipinski definition) is 0. The minimum Gasteiger partial charge on any atom is -0.496 e. The largest absolute Gasteiger partial charge is 0.496 e. The van der Waals surface area contributed by atoms with Crippen LogP contribution in [0.1, 0.15) is 36.0 Å². The average Bonchev–Trinajstić information content (AvgIpc) is 2.74. The molecule has 2 bridgehead atoms. The van der Waals surface area contributed by atoms with Crippen molar-refractivity contribution >= 4 is 16.6 Å². The number of carbonyl (C=O) groups excluding carboxylic acids is 1. The molecule has 4 nitrogen and oxygen atoms in total. The van der Waals surface area contributed by atoms with Gasteiger partial charge in [-0.15, -0.1) is 0 Å². The van der Waals surface area contributed by atoms with Crippen LogP contribution < -0.4 is 9.47 Å². The Labute approximate surface area is 127 Å². The normalized spacial score (nSPS) is 31.0. The molecule has 0 saturated carbocycles. The van der Waals surface area contributed by atoms with E-state index in [1.54, 1.807) is 26.4 Å². The minimum atomic E-state index is -0.741. The lowest BCUT2D eigenvalue weighted by Gasteiger charge is -2.27. The van der Waals surface area contributed by atoms with Crippen LogP contribution in [-0.2, 0) is 10.8 Å². The molecule has 0 amide bonds. The smallest absolute Gasteiger partial charge is 0.173 e. The molecule has 0 spiro atoms. The van der Waals surface area contributed by atoms with Gasteiger partial charge in [-0.3, -0.25) is 9.00 Å². The van der Waals surface area contributed by atoms with Crippen molar-refractivity contribution in [2.75, 3.05) is 14.2 Å². The van der Waals surface area contributed by atoms with Crippen molar-refractivity contribution in [2.24, 2.45) is 5.92 Å². The Balaban J connectivity index is 1.91. The fraction of sp³-hybridized carbons (Fsp3) is 0.562. The maximum absolute atomic E-state index is 12.9. The number of hydrogen-bond acceptors (Lipinski definition) is 4. The summed E-state index contributed by atoms with van der Waals surface area (Å²) in [4.78, 5) is 12.9. The zero-order valence-electron chi connectivity index (χ0n) is 12.3. The SMILES string of the molecule is COc1cccc(OC)c1C(=O)C1CC2CCC(C1)S2=O. The van der Waals surface area contributed by atoms with E-state index in [0.29, 0.717) is 17.1 Å². The van der Waals surface area contributed by atoms with Crippen LogP contribution in [0.3, 0.4) is 0 Å². The first-order valence-electron chi connectivity index (χ1n) is 7.30. The molecule has 0 radical (unpaired) electrons. The number of benzene rings is 1. The fourth-order valence-corrected chi connectivity index (χ4v) is 5.67. The van der Waals surface area contributed by atoms with Gasteiger partial charge in [0.2, 0.25) is 0 Å². The predicted octanol–water partition coefficient (Wildman–Crippen LogP) is 2.58. The maximum Gasteiger partial charge on any atom is 0.173 e. The molecule has 0 aliphatic carbocycles. The molecule has 2 aliphatic rings. The molecule has 2 aliphatic heterocycles. The van der Waals surface area contributed by atoms with Gasteiger partial charge in [-0.2, -0.15) is 0 Å². The summed E-state index contributed by atoms with van der Waals surface area (Å²) in [5.74, 6) is 1.11. The number of ketones is 1. The van der Waals surface area contributed by atoms with Crippen LogP contribution in [0, 0.1) is 5.92 Å². The van der Waals surface area contributed by atoms with Gasteiger partial charge in [0.25, 0.3) is 0 Å². The van der Waals surface area contributed by atoms with Gasteiger partial charge in [-0.05, 0) is 37.8 Å². The van der Waals surface area contributed by atoms with E-state index in [9.17, 15) is 9.00 Å². The molecular formula is C16H20O4S. The van der Waals surface area contributed by atoms with E-state index >= 15 is 0 Å². The molecule has 0 aromatic heterocycles. The van der Waals surface area contributed by atoms with E-state index in [1.807, 2.05) is 6.07 Å². The number of fused-ring (bicyclic) bond motifs is 2. The topological polar surface area (TPSA) is 52.6 Å². The molecule has 2 fully saturated rings. The molecule has 114 valence electrons. The molecule has 2 atom stereocenters. The molecular weight excluding hydrogens is 288 g/mol. The van der Waals surface area contributed by atoms with Gasteiger partial charge in [-0.1, -0.05) is 6.07 Å². The van der Waals surface area contributed by atoms with Crippen molar-refractivity contribution < 1.29 is 18.5 Å². The van der Waals surface area contributed by atoms with Crippen molar-refractivity contribution in [3.05, 3.63) is 23.8 Å².